The van der Waals surface area contributed by atoms with Crippen molar-refractivity contribution < 1.29 is 27.1 Å². The molecule has 32 heavy (non-hydrogen) atoms. The first kappa shape index (κ1) is 24.6. The van der Waals surface area contributed by atoms with Gasteiger partial charge in [0.15, 0.2) is 0 Å². The Bertz CT molecular complexity index is 870. The molecule has 0 aliphatic carbocycles. The van der Waals surface area contributed by atoms with E-state index in [1.807, 2.05) is 91.0 Å². The summed E-state index contributed by atoms with van der Waals surface area (Å²) < 4.78 is 39.9. The van der Waals surface area contributed by atoms with Crippen LogP contribution < -0.4 is 18.4 Å². The summed E-state index contributed by atoms with van der Waals surface area (Å²) in [4.78, 5) is 3.10. The lowest BCUT2D eigenvalue weighted by Crippen LogP contribution is -2.10. The average molecular weight is 494 g/mol. The number of para-hydroxylation sites is 3. The largest absolute Gasteiger partial charge is 0.530 e. The molecule has 0 heterocycles. The van der Waals surface area contributed by atoms with Crippen molar-refractivity contribution in [2.24, 2.45) is 4.52 Å². The van der Waals surface area contributed by atoms with E-state index in [1.165, 1.54) is 21.3 Å². The number of hydrogen-bond acceptors (Lipinski definition) is 8. The summed E-state index contributed by atoms with van der Waals surface area (Å²) in [6, 6.07) is 27.7. The van der Waals surface area contributed by atoms with Crippen LogP contribution in [0.3, 0.4) is 0 Å². The zero-order valence-electron chi connectivity index (χ0n) is 17.9. The van der Waals surface area contributed by atoms with Crippen molar-refractivity contribution in [2.75, 3.05) is 21.3 Å². The Morgan fingerprint density at radius 2 is 0.969 bits per heavy atom. The fourth-order valence-electron chi connectivity index (χ4n) is 2.38. The van der Waals surface area contributed by atoms with Crippen LogP contribution in [0.2, 0.25) is 0 Å². The predicted octanol–water partition coefficient (Wildman–Crippen LogP) is 7.15. The molecular weight excluding hydrogens is 469 g/mol. The number of nitrogens with zero attached hydrogens (tertiary/aromatic N) is 1. The highest BCUT2D eigenvalue weighted by atomic mass is 31.2. The first-order chi connectivity index (χ1) is 15.7. The fourth-order valence-corrected chi connectivity index (χ4v) is 7.39. The number of hydrogen-bond donors (Lipinski definition) is 1. The minimum absolute atomic E-state index is 0.545. The van der Waals surface area contributed by atoms with Crippen LogP contribution in [0.1, 0.15) is 0 Å². The zero-order chi connectivity index (χ0) is 22.7. The standard InChI is InChI=1S/C21H25N2O6P3/c1-24-30(22-31(25-2)26-3)23-32(27-19-13-7-4-8-14-19,28-20-15-9-5-10-16-20)29-21-17-11-6-12-18-21/h4-18,22H,1-3H3. The van der Waals surface area contributed by atoms with E-state index in [2.05, 4.69) is 4.86 Å². The molecule has 170 valence electrons. The summed E-state index contributed by atoms with van der Waals surface area (Å²) in [5.74, 6) is 1.63. The first-order valence-corrected chi connectivity index (χ1v) is 13.4. The molecule has 3 aromatic carbocycles. The Kier molecular flexibility index (Phi) is 9.91. The van der Waals surface area contributed by atoms with E-state index >= 15 is 0 Å². The third-order valence-electron chi connectivity index (χ3n) is 3.75. The lowest BCUT2D eigenvalue weighted by Gasteiger charge is -2.26. The van der Waals surface area contributed by atoms with Gasteiger partial charge in [-0.3, -0.25) is 0 Å². The summed E-state index contributed by atoms with van der Waals surface area (Å²) in [6.45, 7) is 0. The Morgan fingerprint density at radius 1 is 0.594 bits per heavy atom. The molecule has 1 atom stereocenters. The molecule has 0 bridgehead atoms. The molecule has 1 N–H and O–H groups in total. The maximum atomic E-state index is 6.31. The van der Waals surface area contributed by atoms with Gasteiger partial charge in [0.1, 0.15) is 17.2 Å². The molecule has 8 nitrogen and oxygen atoms in total. The normalized spacial score (nSPS) is 12.2. The van der Waals surface area contributed by atoms with Crippen LogP contribution in [0.4, 0.5) is 0 Å². The Hall–Kier alpha value is -2.01. The molecule has 3 rings (SSSR count). The van der Waals surface area contributed by atoms with Crippen molar-refractivity contribution in [3.05, 3.63) is 91.0 Å². The lowest BCUT2D eigenvalue weighted by molar-refractivity contribution is 0.335. The minimum Gasteiger partial charge on any atom is -0.401 e. The molecule has 0 aliphatic heterocycles. The Labute approximate surface area is 191 Å². The summed E-state index contributed by atoms with van der Waals surface area (Å²) in [5, 5.41) is 0. The monoisotopic (exact) mass is 494 g/mol. The molecule has 0 spiro atoms. The molecule has 0 amide bonds. The van der Waals surface area contributed by atoms with Gasteiger partial charge >= 0.3 is 7.74 Å². The summed E-state index contributed by atoms with van der Waals surface area (Å²) in [7, 11) is -1.92. The minimum atomic E-state index is -3.45. The van der Waals surface area contributed by atoms with Crippen molar-refractivity contribution in [1.82, 2.24) is 4.86 Å². The molecule has 0 saturated carbocycles. The van der Waals surface area contributed by atoms with Crippen LogP contribution in [0.15, 0.2) is 95.5 Å². The molecule has 0 saturated heterocycles. The summed E-state index contributed by atoms with van der Waals surface area (Å²) >= 11 is 0. The Morgan fingerprint density at radius 3 is 1.28 bits per heavy atom. The van der Waals surface area contributed by atoms with Crippen molar-refractivity contribution in [2.45, 2.75) is 0 Å². The van der Waals surface area contributed by atoms with Gasteiger partial charge in [-0.1, -0.05) is 54.6 Å². The number of rotatable bonds is 12. The second-order valence-electron chi connectivity index (χ2n) is 5.95. The maximum Gasteiger partial charge on any atom is 0.530 e. The molecule has 0 aliphatic rings. The fraction of sp³-hybridized carbons (Fsp3) is 0.143. The van der Waals surface area contributed by atoms with Gasteiger partial charge in [0.25, 0.3) is 8.53 Å². The highest BCUT2D eigenvalue weighted by molar-refractivity contribution is 7.68. The second kappa shape index (κ2) is 12.9. The van der Waals surface area contributed by atoms with Crippen molar-refractivity contribution in [3.63, 3.8) is 0 Å². The third-order valence-corrected chi connectivity index (χ3v) is 8.95. The van der Waals surface area contributed by atoms with Crippen LogP contribution >= 0.6 is 24.7 Å². The van der Waals surface area contributed by atoms with Crippen molar-refractivity contribution in [1.29, 1.82) is 0 Å². The zero-order valence-corrected chi connectivity index (χ0v) is 20.6. The second-order valence-corrected chi connectivity index (χ2v) is 11.1. The van der Waals surface area contributed by atoms with E-state index in [-0.39, 0.29) is 0 Å². The van der Waals surface area contributed by atoms with Gasteiger partial charge in [0.2, 0.25) is 8.45 Å². The van der Waals surface area contributed by atoms with E-state index in [9.17, 15) is 0 Å². The number of nitrogens with one attached hydrogen (secondary N) is 1. The van der Waals surface area contributed by atoms with Crippen LogP contribution in [0.5, 0.6) is 17.2 Å². The third kappa shape index (κ3) is 7.54. The summed E-state index contributed by atoms with van der Waals surface area (Å²) in [5.41, 5.74) is 0. The van der Waals surface area contributed by atoms with E-state index in [4.69, 9.17) is 31.7 Å². The highest BCUT2D eigenvalue weighted by Gasteiger charge is 2.34. The van der Waals surface area contributed by atoms with Crippen molar-refractivity contribution >= 4 is 24.7 Å². The van der Waals surface area contributed by atoms with Crippen LogP contribution in [0, 0.1) is 0 Å². The van der Waals surface area contributed by atoms with E-state index < -0.39 is 24.7 Å². The predicted molar refractivity (Wildman–Crippen MR) is 129 cm³/mol. The molecule has 0 fully saturated rings. The van der Waals surface area contributed by atoms with Crippen LogP contribution in [-0.4, -0.2) is 21.3 Å². The lowest BCUT2D eigenvalue weighted by atomic mass is 10.3. The molecule has 0 aromatic heterocycles. The van der Waals surface area contributed by atoms with Gasteiger partial charge in [-0.2, -0.15) is 4.86 Å². The van der Waals surface area contributed by atoms with Crippen molar-refractivity contribution in [3.8, 4) is 17.2 Å². The van der Waals surface area contributed by atoms with Gasteiger partial charge in [-0.25, -0.2) is 0 Å². The highest BCUT2D eigenvalue weighted by Crippen LogP contribution is 2.60. The van der Waals surface area contributed by atoms with Crippen LogP contribution in [-0.2, 0) is 13.6 Å². The van der Waals surface area contributed by atoms with Gasteiger partial charge in [0, 0.05) is 21.3 Å². The molecule has 3 aromatic rings. The maximum absolute atomic E-state index is 6.31. The summed E-state index contributed by atoms with van der Waals surface area (Å²) in [6.07, 6.45) is 0. The smallest absolute Gasteiger partial charge is 0.401 e. The van der Waals surface area contributed by atoms with E-state index in [1.54, 1.807) is 0 Å². The van der Waals surface area contributed by atoms with E-state index in [0.717, 1.165) is 0 Å². The molecular formula is C21H25N2O6P3. The van der Waals surface area contributed by atoms with Gasteiger partial charge in [0.05, 0.1) is 0 Å². The number of benzene rings is 3. The molecule has 0 radical (unpaired) electrons. The average Bonchev–Trinajstić information content (AvgIpc) is 2.83. The SMILES string of the molecule is COP(N=P(Oc1ccccc1)(Oc1ccccc1)Oc1ccccc1)NP(OC)OC. The van der Waals surface area contributed by atoms with Gasteiger partial charge in [-0.15, -0.1) is 4.52 Å². The van der Waals surface area contributed by atoms with Crippen LogP contribution in [0.25, 0.3) is 0 Å². The van der Waals surface area contributed by atoms with Gasteiger partial charge < -0.3 is 27.1 Å². The molecule has 11 heteroatoms. The van der Waals surface area contributed by atoms with Gasteiger partial charge in [-0.05, 0) is 36.4 Å². The topological polar surface area (TPSA) is 79.8 Å². The quantitative estimate of drug-likeness (QED) is 0.268. The van der Waals surface area contributed by atoms with E-state index in [0.29, 0.717) is 17.2 Å². The molecule has 1 unspecified atom stereocenters. The Balaban J connectivity index is 2.08. The first-order valence-electron chi connectivity index (χ1n) is 9.51.